The molecule has 0 radical (unpaired) electrons. The minimum Gasteiger partial charge on any atom is -0.344 e. The third kappa shape index (κ3) is 4.32. The molecule has 156 valence electrons. The summed E-state index contributed by atoms with van der Waals surface area (Å²) in [5.41, 5.74) is 4.07. The lowest BCUT2D eigenvalue weighted by Gasteiger charge is -2.28. The third-order valence-corrected chi connectivity index (χ3v) is 8.20. The van der Waals surface area contributed by atoms with Crippen molar-refractivity contribution in [1.29, 1.82) is 0 Å². The SMILES string of the molecule is CC[N+]1=C(/C=C/C=C2/N(CCC3CCCC3)c3ccc(Cl)cc3C2(C)C)SCC1. The average molecular weight is 430 g/mol. The number of nitrogens with zero attached hydrogens (tertiary/aromatic N) is 2. The molecule has 1 aliphatic carbocycles. The van der Waals surface area contributed by atoms with Gasteiger partial charge in [0.05, 0.1) is 5.75 Å². The van der Waals surface area contributed by atoms with Gasteiger partial charge in [-0.05, 0) is 49.1 Å². The highest BCUT2D eigenvalue weighted by Crippen LogP contribution is 2.49. The molecule has 0 bridgehead atoms. The lowest BCUT2D eigenvalue weighted by molar-refractivity contribution is -0.513. The number of rotatable bonds is 6. The van der Waals surface area contributed by atoms with Crippen molar-refractivity contribution in [2.45, 2.75) is 58.3 Å². The Balaban J connectivity index is 1.63. The van der Waals surface area contributed by atoms with Crippen LogP contribution in [0.3, 0.4) is 0 Å². The van der Waals surface area contributed by atoms with Crippen LogP contribution in [-0.2, 0) is 5.41 Å². The van der Waals surface area contributed by atoms with Crippen molar-refractivity contribution >= 4 is 34.1 Å². The van der Waals surface area contributed by atoms with Crippen LogP contribution < -0.4 is 4.90 Å². The minimum atomic E-state index is -0.0296. The zero-order chi connectivity index (χ0) is 20.4. The van der Waals surface area contributed by atoms with Gasteiger partial charge in [0.15, 0.2) is 6.54 Å². The molecule has 2 aliphatic heterocycles. The predicted molar refractivity (Wildman–Crippen MR) is 129 cm³/mol. The molecular formula is C25H34ClN2S+. The van der Waals surface area contributed by atoms with Gasteiger partial charge in [-0.15, -0.1) is 0 Å². The summed E-state index contributed by atoms with van der Waals surface area (Å²) in [6.07, 6.45) is 13.9. The van der Waals surface area contributed by atoms with Crippen molar-refractivity contribution in [1.82, 2.24) is 0 Å². The van der Waals surface area contributed by atoms with Gasteiger partial charge in [0.1, 0.15) is 6.54 Å². The zero-order valence-corrected chi connectivity index (χ0v) is 19.7. The summed E-state index contributed by atoms with van der Waals surface area (Å²) in [5.74, 6) is 2.10. The standard InChI is InChI=1S/C25H34ClN2S/c1-4-27-16-17-29-24(27)11-7-10-23-25(2,3)21-18-20(26)12-13-22(21)28(23)15-14-19-8-5-6-9-19/h7,10-13,18-19H,4-6,8-9,14-17H2,1-3H3/q+1. The van der Waals surface area contributed by atoms with Crippen LogP contribution in [0.25, 0.3) is 0 Å². The van der Waals surface area contributed by atoms with Gasteiger partial charge in [0.25, 0.3) is 0 Å². The monoisotopic (exact) mass is 429 g/mol. The average Bonchev–Trinajstić information content (AvgIpc) is 3.41. The molecule has 2 heterocycles. The van der Waals surface area contributed by atoms with Crippen LogP contribution in [0.15, 0.2) is 42.1 Å². The predicted octanol–water partition coefficient (Wildman–Crippen LogP) is 6.64. The number of thioether (sulfide) groups is 1. The molecule has 3 aliphatic rings. The van der Waals surface area contributed by atoms with Crippen molar-refractivity contribution in [3.8, 4) is 0 Å². The first-order chi connectivity index (χ1) is 14.0. The van der Waals surface area contributed by atoms with Crippen molar-refractivity contribution in [3.63, 3.8) is 0 Å². The van der Waals surface area contributed by atoms with E-state index in [1.54, 1.807) is 0 Å². The summed E-state index contributed by atoms with van der Waals surface area (Å²) in [5, 5.41) is 2.24. The molecule has 4 rings (SSSR count). The van der Waals surface area contributed by atoms with E-state index in [1.807, 2.05) is 17.8 Å². The lowest BCUT2D eigenvalue weighted by Crippen LogP contribution is -2.27. The van der Waals surface area contributed by atoms with E-state index in [0.717, 1.165) is 24.0 Å². The third-order valence-electron chi connectivity index (χ3n) is 6.89. The summed E-state index contributed by atoms with van der Waals surface area (Å²) in [6, 6.07) is 6.44. The molecule has 29 heavy (non-hydrogen) atoms. The van der Waals surface area contributed by atoms with Gasteiger partial charge in [0, 0.05) is 34.4 Å². The highest BCUT2D eigenvalue weighted by Gasteiger charge is 2.40. The molecule has 0 N–H and O–H groups in total. The molecule has 1 aromatic rings. The summed E-state index contributed by atoms with van der Waals surface area (Å²) in [7, 11) is 0. The zero-order valence-electron chi connectivity index (χ0n) is 18.1. The van der Waals surface area contributed by atoms with E-state index in [0.29, 0.717) is 0 Å². The lowest BCUT2D eigenvalue weighted by atomic mass is 9.83. The Bertz CT molecular complexity index is 846. The Kier molecular flexibility index (Phi) is 6.46. The van der Waals surface area contributed by atoms with Crippen LogP contribution >= 0.6 is 23.4 Å². The van der Waals surface area contributed by atoms with E-state index in [-0.39, 0.29) is 5.41 Å². The van der Waals surface area contributed by atoms with Crippen molar-refractivity contribution in [3.05, 3.63) is 52.7 Å². The second-order valence-corrected chi connectivity index (χ2v) is 10.6. The fourth-order valence-corrected chi connectivity index (χ4v) is 6.42. The first-order valence-electron chi connectivity index (χ1n) is 11.2. The van der Waals surface area contributed by atoms with E-state index in [2.05, 4.69) is 60.6 Å². The molecule has 0 aromatic heterocycles. The maximum Gasteiger partial charge on any atom is 0.234 e. The number of halogens is 1. The van der Waals surface area contributed by atoms with Crippen LogP contribution in [0.1, 0.15) is 58.4 Å². The fraction of sp³-hybridized carbons (Fsp3) is 0.560. The summed E-state index contributed by atoms with van der Waals surface area (Å²) >= 11 is 8.36. The number of hydrogen-bond acceptors (Lipinski definition) is 2. The van der Waals surface area contributed by atoms with Gasteiger partial charge in [-0.3, -0.25) is 0 Å². The Morgan fingerprint density at radius 3 is 2.83 bits per heavy atom. The van der Waals surface area contributed by atoms with E-state index >= 15 is 0 Å². The molecule has 2 nitrogen and oxygen atoms in total. The quantitative estimate of drug-likeness (QED) is 0.467. The van der Waals surface area contributed by atoms with Gasteiger partial charge in [-0.2, -0.15) is 0 Å². The fourth-order valence-electron chi connectivity index (χ4n) is 5.15. The Morgan fingerprint density at radius 2 is 2.07 bits per heavy atom. The Morgan fingerprint density at radius 1 is 1.28 bits per heavy atom. The summed E-state index contributed by atoms with van der Waals surface area (Å²) in [4.78, 5) is 2.57. The van der Waals surface area contributed by atoms with Crippen LogP contribution in [0.2, 0.25) is 5.02 Å². The molecule has 1 fully saturated rings. The van der Waals surface area contributed by atoms with E-state index in [1.165, 1.54) is 66.4 Å². The van der Waals surface area contributed by atoms with Crippen LogP contribution in [0.5, 0.6) is 0 Å². The molecule has 0 amide bonds. The summed E-state index contributed by atoms with van der Waals surface area (Å²) in [6.45, 7) is 10.3. The van der Waals surface area contributed by atoms with E-state index in [4.69, 9.17) is 11.6 Å². The van der Waals surface area contributed by atoms with Gasteiger partial charge >= 0.3 is 0 Å². The molecule has 1 aromatic carbocycles. The smallest absolute Gasteiger partial charge is 0.234 e. The second-order valence-electron chi connectivity index (χ2n) is 9.05. The van der Waals surface area contributed by atoms with E-state index in [9.17, 15) is 0 Å². The highest BCUT2D eigenvalue weighted by atomic mass is 35.5. The van der Waals surface area contributed by atoms with Crippen molar-refractivity contribution in [2.24, 2.45) is 5.92 Å². The topological polar surface area (TPSA) is 6.25 Å². The van der Waals surface area contributed by atoms with Crippen LogP contribution in [0, 0.1) is 5.92 Å². The largest absolute Gasteiger partial charge is 0.344 e. The van der Waals surface area contributed by atoms with Crippen molar-refractivity contribution < 1.29 is 4.58 Å². The maximum absolute atomic E-state index is 6.39. The maximum atomic E-state index is 6.39. The number of hydrogen-bond donors (Lipinski definition) is 0. The second kappa shape index (κ2) is 8.89. The molecule has 1 saturated carbocycles. The summed E-state index contributed by atoms with van der Waals surface area (Å²) < 4.78 is 2.46. The molecular weight excluding hydrogens is 396 g/mol. The Labute approximate surface area is 185 Å². The molecule has 0 unspecified atom stereocenters. The van der Waals surface area contributed by atoms with Crippen LogP contribution in [0.4, 0.5) is 5.69 Å². The van der Waals surface area contributed by atoms with Gasteiger partial charge < -0.3 is 4.90 Å². The van der Waals surface area contributed by atoms with Gasteiger partial charge in [-0.1, -0.05) is 69.0 Å². The molecule has 0 spiro atoms. The molecule has 0 atom stereocenters. The van der Waals surface area contributed by atoms with Crippen molar-refractivity contribution in [2.75, 3.05) is 30.3 Å². The van der Waals surface area contributed by atoms with Crippen LogP contribution in [-0.4, -0.2) is 35.0 Å². The van der Waals surface area contributed by atoms with Gasteiger partial charge in [0.2, 0.25) is 5.04 Å². The number of anilines is 1. The molecule has 4 heteroatoms. The number of allylic oxidation sites excluding steroid dienone is 3. The first-order valence-corrected chi connectivity index (χ1v) is 12.6. The van der Waals surface area contributed by atoms with Gasteiger partial charge in [-0.25, -0.2) is 4.58 Å². The normalized spacial score (nSPS) is 23.2. The Hall–Kier alpha value is -1.19. The molecule has 0 saturated heterocycles. The minimum absolute atomic E-state index is 0.0296. The highest BCUT2D eigenvalue weighted by molar-refractivity contribution is 8.14. The first kappa shape index (κ1) is 21.1. The number of benzene rings is 1. The number of fused-ring (bicyclic) bond motifs is 1. The van der Waals surface area contributed by atoms with E-state index < -0.39 is 0 Å².